The van der Waals surface area contributed by atoms with Crippen molar-refractivity contribution in [3.63, 3.8) is 0 Å². The van der Waals surface area contributed by atoms with Gasteiger partial charge < -0.3 is 4.98 Å². The van der Waals surface area contributed by atoms with Gasteiger partial charge in [-0.05, 0) is 23.3 Å². The molecule has 0 aliphatic heterocycles. The molecule has 4 rings (SSSR count). The Bertz CT molecular complexity index is 1040. The molecule has 1 aliphatic rings. The van der Waals surface area contributed by atoms with Crippen LogP contribution < -0.4 is 10.6 Å². The molecule has 1 N–H and O–H groups in total. The van der Waals surface area contributed by atoms with Crippen LogP contribution in [0.25, 0.3) is 23.1 Å². The van der Waals surface area contributed by atoms with Crippen molar-refractivity contribution in [2.24, 2.45) is 0 Å². The second-order valence-electron chi connectivity index (χ2n) is 5.69. The number of nitrogens with one attached hydrogen (secondary N) is 1. The summed E-state index contributed by atoms with van der Waals surface area (Å²) in [7, 11) is 0. The van der Waals surface area contributed by atoms with Gasteiger partial charge >= 0.3 is 0 Å². The number of hydrogen-bond acceptors (Lipinski definition) is 1. The number of hydrogen-bond donors (Lipinski definition) is 1. The van der Waals surface area contributed by atoms with E-state index in [-0.39, 0.29) is 11.7 Å². The molecule has 1 unspecified atom stereocenters. The first-order valence-electron chi connectivity index (χ1n) is 7.22. The molecule has 0 amide bonds. The van der Waals surface area contributed by atoms with E-state index in [0.29, 0.717) is 0 Å². The van der Waals surface area contributed by atoms with Crippen LogP contribution in [0.1, 0.15) is 24.0 Å². The van der Waals surface area contributed by atoms with Crippen molar-refractivity contribution < 1.29 is 4.79 Å². The number of Topliss-reactive ketones (excluding diaryl/α,β-unsaturated/α-hetero) is 1. The second-order valence-corrected chi connectivity index (χ2v) is 6.54. The van der Waals surface area contributed by atoms with E-state index in [1.807, 2.05) is 49.4 Å². The first-order chi connectivity index (χ1) is 10.6. The zero-order valence-corrected chi connectivity index (χ0v) is 13.7. The first-order valence-corrected chi connectivity index (χ1v) is 8.02. The molecule has 0 radical (unpaired) electrons. The normalized spacial score (nSPS) is 19.7. The van der Waals surface area contributed by atoms with Crippen molar-refractivity contribution >= 4 is 44.8 Å². The Morgan fingerprint density at radius 1 is 1.14 bits per heavy atom. The van der Waals surface area contributed by atoms with E-state index in [4.69, 9.17) is 0 Å². The molecule has 1 heterocycles. The number of carbonyl (C=O) groups is 1. The van der Waals surface area contributed by atoms with Gasteiger partial charge in [0, 0.05) is 32.1 Å². The van der Waals surface area contributed by atoms with E-state index >= 15 is 0 Å². The zero-order chi connectivity index (χ0) is 15.4. The predicted octanol–water partition coefficient (Wildman–Crippen LogP) is 3.23. The number of rotatable bonds is 0. The number of H-pyrrole nitrogens is 1. The summed E-state index contributed by atoms with van der Waals surface area (Å²) in [5.41, 5.74) is 3.84. The fourth-order valence-corrected chi connectivity index (χ4v) is 4.06. The number of benzene rings is 2. The molecule has 0 fully saturated rings. The molecular weight excluding hydrogens is 338 g/mol. The lowest BCUT2D eigenvalue weighted by Crippen LogP contribution is -2.27. The summed E-state index contributed by atoms with van der Waals surface area (Å²) in [5.74, 6) is 0.0183. The average Bonchev–Trinajstić information content (AvgIpc) is 2.97. The standard InChI is InChI=1S/C19H14BrNO/c1-10-12-6-3-4-9-15(12)21-18(10)17-13-7-5-8-14(20)16(13)11(2)19(17)22/h3-9,11,21H,1H2,2H3/b18-17-. The molecule has 2 nitrogen and oxygen atoms in total. The molecule has 2 aromatic carbocycles. The number of ketones is 1. The maximum atomic E-state index is 12.8. The van der Waals surface area contributed by atoms with Crippen LogP contribution in [0.4, 0.5) is 0 Å². The minimum atomic E-state index is -0.133. The Balaban J connectivity index is 2.20. The minimum absolute atomic E-state index is 0.133. The Morgan fingerprint density at radius 2 is 1.91 bits per heavy atom. The maximum absolute atomic E-state index is 12.8. The van der Waals surface area contributed by atoms with Gasteiger partial charge in [0.15, 0.2) is 5.78 Å². The molecule has 1 aromatic heterocycles. The summed E-state index contributed by atoms with van der Waals surface area (Å²) >= 11 is 3.58. The fourth-order valence-electron chi connectivity index (χ4n) is 3.35. The quantitative estimate of drug-likeness (QED) is 0.662. The molecule has 1 atom stereocenters. The van der Waals surface area contributed by atoms with E-state index < -0.39 is 0 Å². The molecule has 1 aliphatic carbocycles. The SMILES string of the molecule is C=c1/c(=C2/C(=O)C(C)c3c(Br)cccc32)[nH]c2ccccc12. The van der Waals surface area contributed by atoms with E-state index in [2.05, 4.69) is 27.5 Å². The monoisotopic (exact) mass is 351 g/mol. The van der Waals surface area contributed by atoms with Crippen molar-refractivity contribution in [2.45, 2.75) is 12.8 Å². The molecule has 0 saturated heterocycles. The van der Waals surface area contributed by atoms with Gasteiger partial charge in [-0.15, -0.1) is 0 Å². The van der Waals surface area contributed by atoms with Crippen LogP contribution in [0.5, 0.6) is 0 Å². The summed E-state index contributed by atoms with van der Waals surface area (Å²) in [4.78, 5) is 16.2. The number of carbonyl (C=O) groups excluding carboxylic acids is 1. The molecule has 22 heavy (non-hydrogen) atoms. The van der Waals surface area contributed by atoms with E-state index in [1.165, 1.54) is 0 Å². The fraction of sp³-hybridized carbons (Fsp3) is 0.105. The number of aromatic nitrogens is 1. The Hall–Kier alpha value is -2.13. The Labute approximate surface area is 136 Å². The van der Waals surface area contributed by atoms with Crippen molar-refractivity contribution in [2.75, 3.05) is 0 Å². The lowest BCUT2D eigenvalue weighted by Gasteiger charge is -2.04. The average molecular weight is 352 g/mol. The highest BCUT2D eigenvalue weighted by atomic mass is 79.9. The van der Waals surface area contributed by atoms with Gasteiger partial charge in [0.2, 0.25) is 0 Å². The predicted molar refractivity (Wildman–Crippen MR) is 93.1 cm³/mol. The van der Waals surface area contributed by atoms with Crippen LogP contribution >= 0.6 is 15.9 Å². The van der Waals surface area contributed by atoms with Crippen molar-refractivity contribution in [1.29, 1.82) is 0 Å². The number of fused-ring (bicyclic) bond motifs is 2. The van der Waals surface area contributed by atoms with Gasteiger partial charge in [-0.2, -0.15) is 0 Å². The topological polar surface area (TPSA) is 32.9 Å². The van der Waals surface area contributed by atoms with E-state index in [0.717, 1.165) is 42.6 Å². The molecule has 0 spiro atoms. The third kappa shape index (κ3) is 1.69. The first kappa shape index (κ1) is 13.5. The van der Waals surface area contributed by atoms with Gasteiger partial charge in [-0.25, -0.2) is 0 Å². The minimum Gasteiger partial charge on any atom is -0.354 e. The van der Waals surface area contributed by atoms with Gasteiger partial charge in [0.05, 0.1) is 5.35 Å². The smallest absolute Gasteiger partial charge is 0.172 e. The number of para-hydroxylation sites is 1. The molecular formula is C19H14BrNO. The number of halogens is 1. The van der Waals surface area contributed by atoms with Crippen molar-refractivity contribution in [3.8, 4) is 0 Å². The highest BCUT2D eigenvalue weighted by Crippen LogP contribution is 2.40. The second kappa shape index (κ2) is 4.68. The highest BCUT2D eigenvalue weighted by Gasteiger charge is 2.34. The van der Waals surface area contributed by atoms with Crippen LogP contribution in [0.3, 0.4) is 0 Å². The Kier molecular flexibility index (Phi) is 2.88. The summed E-state index contributed by atoms with van der Waals surface area (Å²) in [5, 5.41) is 2.79. The van der Waals surface area contributed by atoms with E-state index in [9.17, 15) is 4.79 Å². The van der Waals surface area contributed by atoms with Gasteiger partial charge in [-0.3, -0.25) is 4.79 Å². The van der Waals surface area contributed by atoms with Crippen LogP contribution in [0.2, 0.25) is 0 Å². The molecule has 0 bridgehead atoms. The summed E-state index contributed by atoms with van der Waals surface area (Å²) in [6.07, 6.45) is 0. The van der Waals surface area contributed by atoms with Crippen LogP contribution in [0, 0.1) is 0 Å². The van der Waals surface area contributed by atoms with Gasteiger partial charge in [0.25, 0.3) is 0 Å². The van der Waals surface area contributed by atoms with Gasteiger partial charge in [-0.1, -0.05) is 59.8 Å². The van der Waals surface area contributed by atoms with Gasteiger partial charge in [0.1, 0.15) is 0 Å². The molecule has 108 valence electrons. The largest absolute Gasteiger partial charge is 0.354 e. The number of aromatic amines is 1. The van der Waals surface area contributed by atoms with Crippen LogP contribution in [0.15, 0.2) is 46.9 Å². The third-order valence-corrected chi connectivity index (χ3v) is 5.15. The summed E-state index contributed by atoms with van der Waals surface area (Å²) < 4.78 is 0.988. The molecule has 3 heteroatoms. The molecule has 0 saturated carbocycles. The lowest BCUT2D eigenvalue weighted by atomic mass is 10.0. The summed E-state index contributed by atoms with van der Waals surface area (Å²) in [6, 6.07) is 14.0. The van der Waals surface area contributed by atoms with E-state index in [1.54, 1.807) is 0 Å². The highest BCUT2D eigenvalue weighted by molar-refractivity contribution is 9.10. The van der Waals surface area contributed by atoms with Crippen molar-refractivity contribution in [3.05, 3.63) is 68.6 Å². The zero-order valence-electron chi connectivity index (χ0n) is 12.1. The molecule has 3 aromatic rings. The summed E-state index contributed by atoms with van der Waals surface area (Å²) in [6.45, 7) is 6.15. The Morgan fingerprint density at radius 3 is 2.68 bits per heavy atom. The van der Waals surface area contributed by atoms with Crippen LogP contribution in [-0.2, 0) is 4.79 Å². The maximum Gasteiger partial charge on any atom is 0.172 e. The van der Waals surface area contributed by atoms with Crippen molar-refractivity contribution in [1.82, 2.24) is 4.98 Å². The van der Waals surface area contributed by atoms with Crippen LogP contribution in [-0.4, -0.2) is 10.8 Å². The third-order valence-electron chi connectivity index (χ3n) is 4.46. The lowest BCUT2D eigenvalue weighted by molar-refractivity contribution is -0.114.